The Morgan fingerprint density at radius 2 is 1.82 bits per heavy atom. The lowest BCUT2D eigenvalue weighted by atomic mass is 9.87. The molecule has 2 N–H and O–H groups in total. The minimum atomic E-state index is -0.284. The molecule has 0 radical (unpaired) electrons. The molecule has 176 valence electrons. The highest BCUT2D eigenvalue weighted by molar-refractivity contribution is 5.96. The Bertz CT molecular complexity index is 977. The number of amides is 2. The fourth-order valence-electron chi connectivity index (χ4n) is 5.11. The molecule has 6 nitrogen and oxygen atoms in total. The summed E-state index contributed by atoms with van der Waals surface area (Å²) in [4.78, 5) is 30.6. The monoisotopic (exact) mass is 452 g/mol. The number of rotatable bonds is 6. The molecule has 0 bridgehead atoms. The van der Waals surface area contributed by atoms with Gasteiger partial charge in [-0.15, -0.1) is 0 Å². The van der Waals surface area contributed by atoms with E-state index in [-0.39, 0.29) is 35.6 Å². The highest BCUT2D eigenvalue weighted by Gasteiger charge is 2.43. The van der Waals surface area contributed by atoms with Gasteiger partial charge in [-0.25, -0.2) is 4.39 Å². The molecule has 3 atom stereocenters. The Morgan fingerprint density at radius 1 is 1.06 bits per heavy atom. The molecule has 0 aromatic heterocycles. The van der Waals surface area contributed by atoms with Gasteiger partial charge in [0.05, 0.1) is 12.0 Å². The molecule has 2 heterocycles. The maximum Gasteiger partial charge on any atom is 0.254 e. The van der Waals surface area contributed by atoms with Gasteiger partial charge in [-0.05, 0) is 68.5 Å². The lowest BCUT2D eigenvalue weighted by Crippen LogP contribution is -2.57. The van der Waals surface area contributed by atoms with Gasteiger partial charge in [-0.2, -0.15) is 0 Å². The number of benzene rings is 2. The van der Waals surface area contributed by atoms with E-state index in [0.717, 1.165) is 30.4 Å². The Morgan fingerprint density at radius 3 is 2.55 bits per heavy atom. The normalized spacial score (nSPS) is 22.9. The Balaban J connectivity index is 1.57. The topological polar surface area (TPSA) is 64.7 Å². The first-order chi connectivity index (χ1) is 16.0. The fourth-order valence-corrected chi connectivity index (χ4v) is 5.11. The number of likely N-dealkylation sites (tertiary alicyclic amines) is 1. The van der Waals surface area contributed by atoms with Crippen molar-refractivity contribution in [3.63, 3.8) is 0 Å². The quantitative estimate of drug-likeness (QED) is 0.705. The van der Waals surface area contributed by atoms with Crippen LogP contribution in [0, 0.1) is 11.7 Å². The van der Waals surface area contributed by atoms with Crippen LogP contribution in [0.1, 0.15) is 43.5 Å². The molecule has 3 unspecified atom stereocenters. The minimum Gasteiger partial charge on any atom is -0.343 e. The summed E-state index contributed by atoms with van der Waals surface area (Å²) in [5.41, 5.74) is 8.84. The van der Waals surface area contributed by atoms with Crippen LogP contribution in [-0.4, -0.2) is 59.9 Å². The number of hydrogen-bond donors (Lipinski definition) is 2. The molecule has 2 aromatic rings. The van der Waals surface area contributed by atoms with E-state index in [1.54, 1.807) is 12.1 Å². The minimum absolute atomic E-state index is 0.0219. The highest BCUT2D eigenvalue weighted by atomic mass is 19.1. The van der Waals surface area contributed by atoms with Crippen LogP contribution in [0.5, 0.6) is 0 Å². The summed E-state index contributed by atoms with van der Waals surface area (Å²) in [5, 5.41) is 0. The smallest absolute Gasteiger partial charge is 0.254 e. The number of nitrogens with one attached hydrogen (secondary N) is 2. The van der Waals surface area contributed by atoms with Crippen molar-refractivity contribution in [2.45, 2.75) is 45.2 Å². The van der Waals surface area contributed by atoms with Crippen LogP contribution in [0.15, 0.2) is 48.5 Å². The largest absolute Gasteiger partial charge is 0.343 e. The summed E-state index contributed by atoms with van der Waals surface area (Å²) >= 11 is 0. The lowest BCUT2D eigenvalue weighted by molar-refractivity contribution is -0.135. The van der Waals surface area contributed by atoms with Gasteiger partial charge < -0.3 is 9.80 Å². The average molecular weight is 453 g/mol. The van der Waals surface area contributed by atoms with Crippen molar-refractivity contribution in [2.24, 2.45) is 5.92 Å². The summed E-state index contributed by atoms with van der Waals surface area (Å²) < 4.78 is 13.3. The molecule has 2 aliphatic rings. The first kappa shape index (κ1) is 23.4. The number of nitrogens with zero attached hydrogens (tertiary/aromatic N) is 2. The molecule has 2 amide bonds. The number of hydrazine groups is 1. The molecule has 2 aromatic carbocycles. The van der Waals surface area contributed by atoms with Gasteiger partial charge in [-0.3, -0.25) is 20.4 Å². The van der Waals surface area contributed by atoms with Crippen LogP contribution >= 0.6 is 0 Å². The second-order valence-corrected chi connectivity index (χ2v) is 8.82. The van der Waals surface area contributed by atoms with Crippen molar-refractivity contribution in [3.8, 4) is 11.1 Å². The zero-order valence-corrected chi connectivity index (χ0v) is 19.4. The Kier molecular flexibility index (Phi) is 7.40. The molecule has 2 fully saturated rings. The standard InChI is InChI=1S/C26H33FN4O2/c1-3-30(4-2)26(33)22-17-28-29-24(22)23-10-5-6-15-31(23)25(32)20-9-7-8-19(16-20)18-11-13-21(27)14-12-18/h7-9,11-14,16,22-24,28-29H,3-6,10,15,17H2,1-2H3. The van der Waals surface area contributed by atoms with Gasteiger partial charge in [0, 0.05) is 37.8 Å². The van der Waals surface area contributed by atoms with Gasteiger partial charge in [0.2, 0.25) is 5.91 Å². The van der Waals surface area contributed by atoms with Gasteiger partial charge in [0.15, 0.2) is 0 Å². The maximum absolute atomic E-state index is 13.6. The first-order valence-electron chi connectivity index (χ1n) is 12.0. The lowest BCUT2D eigenvalue weighted by Gasteiger charge is -2.41. The first-order valence-corrected chi connectivity index (χ1v) is 12.0. The molecule has 4 rings (SSSR count). The van der Waals surface area contributed by atoms with Crippen molar-refractivity contribution in [1.82, 2.24) is 20.7 Å². The molecule has 0 aliphatic carbocycles. The average Bonchev–Trinajstić information content (AvgIpc) is 3.35. The molecule has 2 aliphatic heterocycles. The summed E-state index contributed by atoms with van der Waals surface area (Å²) in [5.74, 6) is -0.368. The molecule has 7 heteroatoms. The maximum atomic E-state index is 13.6. The second-order valence-electron chi connectivity index (χ2n) is 8.82. The van der Waals surface area contributed by atoms with Crippen LogP contribution in [0.25, 0.3) is 11.1 Å². The zero-order valence-electron chi connectivity index (χ0n) is 19.4. The Labute approximate surface area is 195 Å². The van der Waals surface area contributed by atoms with Crippen molar-refractivity contribution >= 4 is 11.8 Å². The molecule has 2 saturated heterocycles. The van der Waals surface area contributed by atoms with E-state index in [1.165, 1.54) is 12.1 Å². The van der Waals surface area contributed by atoms with Crippen LogP contribution in [0.3, 0.4) is 0 Å². The van der Waals surface area contributed by atoms with Crippen molar-refractivity contribution in [1.29, 1.82) is 0 Å². The third-order valence-electron chi connectivity index (χ3n) is 6.93. The van der Waals surface area contributed by atoms with Gasteiger partial charge >= 0.3 is 0 Å². The number of carbonyl (C=O) groups excluding carboxylic acids is 2. The SMILES string of the molecule is CCN(CC)C(=O)C1CNNC1C1CCCCN1C(=O)c1cccc(-c2ccc(F)cc2)c1. The van der Waals surface area contributed by atoms with Gasteiger partial charge in [0.25, 0.3) is 5.91 Å². The summed E-state index contributed by atoms with van der Waals surface area (Å²) in [6.07, 6.45) is 2.86. The van der Waals surface area contributed by atoms with E-state index in [9.17, 15) is 14.0 Å². The van der Waals surface area contributed by atoms with Crippen molar-refractivity contribution in [2.75, 3.05) is 26.2 Å². The van der Waals surface area contributed by atoms with Crippen LogP contribution in [0.4, 0.5) is 4.39 Å². The van der Waals surface area contributed by atoms with E-state index < -0.39 is 0 Å². The van der Waals surface area contributed by atoms with E-state index in [2.05, 4.69) is 10.9 Å². The van der Waals surface area contributed by atoms with Crippen LogP contribution in [0.2, 0.25) is 0 Å². The predicted octanol–water partition coefficient (Wildman–Crippen LogP) is 3.45. The number of carbonyl (C=O) groups is 2. The third-order valence-corrected chi connectivity index (χ3v) is 6.93. The Hall–Kier alpha value is -2.77. The van der Waals surface area contributed by atoms with Crippen LogP contribution in [-0.2, 0) is 4.79 Å². The molecule has 0 saturated carbocycles. The number of halogens is 1. The van der Waals surface area contributed by atoms with Gasteiger partial charge in [-0.1, -0.05) is 24.3 Å². The summed E-state index contributed by atoms with van der Waals surface area (Å²) in [6, 6.07) is 13.6. The zero-order chi connectivity index (χ0) is 23.4. The fraction of sp³-hybridized carbons (Fsp3) is 0.462. The second kappa shape index (κ2) is 10.4. The molecular formula is C26H33FN4O2. The molecule has 33 heavy (non-hydrogen) atoms. The van der Waals surface area contributed by atoms with E-state index >= 15 is 0 Å². The van der Waals surface area contributed by atoms with Crippen molar-refractivity contribution in [3.05, 3.63) is 59.9 Å². The number of piperidine rings is 1. The summed E-state index contributed by atoms with van der Waals surface area (Å²) in [6.45, 7) is 6.60. The van der Waals surface area contributed by atoms with Crippen molar-refractivity contribution < 1.29 is 14.0 Å². The van der Waals surface area contributed by atoms with Gasteiger partial charge in [0.1, 0.15) is 5.82 Å². The molecule has 0 spiro atoms. The van der Waals surface area contributed by atoms with E-state index in [4.69, 9.17) is 0 Å². The highest BCUT2D eigenvalue weighted by Crippen LogP contribution is 2.29. The van der Waals surface area contributed by atoms with Crippen LogP contribution < -0.4 is 10.9 Å². The predicted molar refractivity (Wildman–Crippen MR) is 127 cm³/mol. The van der Waals surface area contributed by atoms with E-state index in [0.29, 0.717) is 31.7 Å². The van der Waals surface area contributed by atoms with E-state index in [1.807, 2.05) is 47.9 Å². The third kappa shape index (κ3) is 4.94. The summed E-state index contributed by atoms with van der Waals surface area (Å²) in [7, 11) is 0. The number of hydrogen-bond acceptors (Lipinski definition) is 4. The molecular weight excluding hydrogens is 419 g/mol.